The molecule has 174 valence electrons. The summed E-state index contributed by atoms with van der Waals surface area (Å²) < 4.78 is 45.0. The SMILES string of the molecule is O=S(=O)(c1ccc2c(c1)OCCCO2)N1CCN(Cc2ncc(-c3ccc(Cl)cc3)o2)CC1. The Morgan fingerprint density at radius 2 is 1.67 bits per heavy atom. The van der Waals surface area contributed by atoms with Gasteiger partial charge in [0.05, 0.1) is 30.9 Å². The first-order chi connectivity index (χ1) is 16.0. The van der Waals surface area contributed by atoms with Crippen LogP contribution in [0.3, 0.4) is 0 Å². The van der Waals surface area contributed by atoms with E-state index in [9.17, 15) is 8.42 Å². The molecule has 0 radical (unpaired) electrons. The quantitative estimate of drug-likeness (QED) is 0.540. The average Bonchev–Trinajstić information content (AvgIpc) is 3.15. The maximum atomic E-state index is 13.2. The highest BCUT2D eigenvalue weighted by Gasteiger charge is 2.30. The van der Waals surface area contributed by atoms with Gasteiger partial charge in [0.2, 0.25) is 15.9 Å². The Morgan fingerprint density at radius 1 is 0.939 bits per heavy atom. The molecule has 33 heavy (non-hydrogen) atoms. The summed E-state index contributed by atoms with van der Waals surface area (Å²) in [5.74, 6) is 2.34. The van der Waals surface area contributed by atoms with Crippen LogP contribution in [0.5, 0.6) is 11.5 Å². The molecular formula is C23H24ClN3O5S. The summed E-state index contributed by atoms with van der Waals surface area (Å²) in [7, 11) is -3.62. The number of benzene rings is 2. The van der Waals surface area contributed by atoms with Gasteiger partial charge in [-0.05, 0) is 36.4 Å². The van der Waals surface area contributed by atoms with Crippen LogP contribution in [0.25, 0.3) is 11.3 Å². The number of oxazole rings is 1. The Labute approximate surface area is 197 Å². The molecular weight excluding hydrogens is 466 g/mol. The third-order valence-corrected chi connectivity index (χ3v) is 7.88. The predicted octanol–water partition coefficient (Wildman–Crippen LogP) is 3.66. The summed E-state index contributed by atoms with van der Waals surface area (Å²) in [6.45, 7) is 3.54. The minimum absolute atomic E-state index is 0.223. The number of ether oxygens (including phenoxy) is 2. The topological polar surface area (TPSA) is 85.1 Å². The second kappa shape index (κ2) is 9.34. The standard InChI is InChI=1S/C23H24ClN3O5S/c24-18-4-2-17(3-5-18)22-15-25-23(32-22)16-26-8-10-27(11-9-26)33(28,29)19-6-7-20-21(14-19)31-13-1-12-30-20/h2-7,14-15H,1,8-13,16H2. The lowest BCUT2D eigenvalue weighted by atomic mass is 10.2. The van der Waals surface area contributed by atoms with Gasteiger partial charge in [-0.25, -0.2) is 13.4 Å². The van der Waals surface area contributed by atoms with Crippen molar-refractivity contribution in [3.8, 4) is 22.8 Å². The zero-order chi connectivity index (χ0) is 22.8. The first-order valence-corrected chi connectivity index (χ1v) is 12.6. The van der Waals surface area contributed by atoms with Gasteiger partial charge in [-0.2, -0.15) is 4.31 Å². The third kappa shape index (κ3) is 4.86. The van der Waals surface area contributed by atoms with E-state index in [1.807, 2.05) is 24.3 Å². The number of fused-ring (bicyclic) bond motifs is 1. The first-order valence-electron chi connectivity index (χ1n) is 10.8. The lowest BCUT2D eigenvalue weighted by Crippen LogP contribution is -2.48. The van der Waals surface area contributed by atoms with Crippen LogP contribution in [-0.4, -0.2) is 62.0 Å². The molecule has 1 fully saturated rings. The third-order valence-electron chi connectivity index (χ3n) is 5.73. The van der Waals surface area contributed by atoms with E-state index in [-0.39, 0.29) is 4.90 Å². The zero-order valence-electron chi connectivity index (χ0n) is 17.9. The number of halogens is 1. The lowest BCUT2D eigenvalue weighted by molar-refractivity contribution is 0.168. The van der Waals surface area contributed by atoms with Gasteiger partial charge in [-0.1, -0.05) is 11.6 Å². The molecule has 0 bridgehead atoms. The van der Waals surface area contributed by atoms with Crippen LogP contribution >= 0.6 is 11.6 Å². The van der Waals surface area contributed by atoms with Crippen LogP contribution in [0.2, 0.25) is 5.02 Å². The van der Waals surface area contributed by atoms with E-state index in [0.29, 0.717) is 74.1 Å². The minimum Gasteiger partial charge on any atom is -0.490 e. The molecule has 0 atom stereocenters. The van der Waals surface area contributed by atoms with Crippen LogP contribution in [0.4, 0.5) is 0 Å². The van der Waals surface area contributed by atoms with Gasteiger partial charge in [0.1, 0.15) is 0 Å². The van der Waals surface area contributed by atoms with E-state index in [4.69, 9.17) is 25.5 Å². The minimum atomic E-state index is -3.62. The average molecular weight is 490 g/mol. The van der Waals surface area contributed by atoms with Crippen molar-refractivity contribution in [2.24, 2.45) is 0 Å². The summed E-state index contributed by atoms with van der Waals surface area (Å²) in [5, 5.41) is 0.665. The summed E-state index contributed by atoms with van der Waals surface area (Å²) in [6, 6.07) is 12.2. The number of nitrogens with zero attached hydrogens (tertiary/aromatic N) is 3. The number of piperazine rings is 1. The van der Waals surface area contributed by atoms with E-state index in [1.54, 1.807) is 24.4 Å². The van der Waals surface area contributed by atoms with Crippen LogP contribution in [0, 0.1) is 0 Å². The molecule has 10 heteroatoms. The molecule has 0 amide bonds. The van der Waals surface area contributed by atoms with Crippen molar-refractivity contribution in [2.75, 3.05) is 39.4 Å². The maximum absolute atomic E-state index is 13.2. The maximum Gasteiger partial charge on any atom is 0.243 e. The van der Waals surface area contributed by atoms with Crippen LogP contribution < -0.4 is 9.47 Å². The van der Waals surface area contributed by atoms with Crippen LogP contribution in [0.15, 0.2) is 58.0 Å². The number of hydrogen-bond acceptors (Lipinski definition) is 7. The molecule has 0 N–H and O–H groups in total. The molecule has 3 aromatic rings. The second-order valence-electron chi connectivity index (χ2n) is 7.96. The van der Waals surface area contributed by atoms with Crippen molar-refractivity contribution < 1.29 is 22.3 Å². The molecule has 8 nitrogen and oxygen atoms in total. The van der Waals surface area contributed by atoms with Crippen LogP contribution in [-0.2, 0) is 16.6 Å². The van der Waals surface area contributed by atoms with Crippen molar-refractivity contribution in [1.29, 1.82) is 0 Å². The molecule has 2 aliphatic heterocycles. The first kappa shape index (κ1) is 22.2. The van der Waals surface area contributed by atoms with Gasteiger partial charge in [0.15, 0.2) is 17.3 Å². The number of sulfonamides is 1. The van der Waals surface area contributed by atoms with Gasteiger partial charge < -0.3 is 13.9 Å². The predicted molar refractivity (Wildman–Crippen MR) is 123 cm³/mol. The summed E-state index contributed by atoms with van der Waals surface area (Å²) in [6.07, 6.45) is 2.47. The van der Waals surface area contributed by atoms with E-state index in [1.165, 1.54) is 4.31 Å². The second-order valence-corrected chi connectivity index (χ2v) is 10.3. The van der Waals surface area contributed by atoms with Gasteiger partial charge >= 0.3 is 0 Å². The molecule has 0 spiro atoms. The Bertz CT molecular complexity index is 1220. The lowest BCUT2D eigenvalue weighted by Gasteiger charge is -2.33. The van der Waals surface area contributed by atoms with Crippen molar-refractivity contribution in [3.63, 3.8) is 0 Å². The van der Waals surface area contributed by atoms with Crippen molar-refractivity contribution >= 4 is 21.6 Å². The molecule has 2 aromatic carbocycles. The molecule has 1 aromatic heterocycles. The van der Waals surface area contributed by atoms with E-state index in [2.05, 4.69) is 9.88 Å². The van der Waals surface area contributed by atoms with E-state index in [0.717, 1.165) is 12.0 Å². The highest BCUT2D eigenvalue weighted by atomic mass is 35.5. The van der Waals surface area contributed by atoms with Gasteiger partial charge in [-0.3, -0.25) is 4.90 Å². The summed E-state index contributed by atoms with van der Waals surface area (Å²) in [4.78, 5) is 6.73. The zero-order valence-corrected chi connectivity index (χ0v) is 19.5. The summed E-state index contributed by atoms with van der Waals surface area (Å²) in [5.41, 5.74) is 0.907. The fourth-order valence-electron chi connectivity index (χ4n) is 3.90. The van der Waals surface area contributed by atoms with Crippen LogP contribution in [0.1, 0.15) is 12.3 Å². The fraction of sp³-hybridized carbons (Fsp3) is 0.348. The molecule has 0 unspecified atom stereocenters. The van der Waals surface area contributed by atoms with Crippen molar-refractivity contribution in [1.82, 2.24) is 14.2 Å². The molecule has 1 saturated heterocycles. The van der Waals surface area contributed by atoms with E-state index < -0.39 is 10.0 Å². The van der Waals surface area contributed by atoms with Gasteiger partial charge in [0, 0.05) is 49.3 Å². The van der Waals surface area contributed by atoms with Crippen molar-refractivity contribution in [3.05, 3.63) is 59.6 Å². The highest BCUT2D eigenvalue weighted by molar-refractivity contribution is 7.89. The Morgan fingerprint density at radius 3 is 2.42 bits per heavy atom. The Balaban J connectivity index is 1.21. The molecule has 0 aliphatic carbocycles. The highest BCUT2D eigenvalue weighted by Crippen LogP contribution is 2.33. The number of hydrogen-bond donors (Lipinski definition) is 0. The molecule has 5 rings (SSSR count). The normalized spacial score (nSPS) is 17.6. The molecule has 0 saturated carbocycles. The van der Waals surface area contributed by atoms with E-state index >= 15 is 0 Å². The molecule has 2 aliphatic rings. The number of aromatic nitrogens is 1. The smallest absolute Gasteiger partial charge is 0.243 e. The Hall–Kier alpha value is -2.59. The monoisotopic (exact) mass is 489 g/mol. The number of rotatable bonds is 5. The fourth-order valence-corrected chi connectivity index (χ4v) is 5.47. The molecule has 3 heterocycles. The summed E-state index contributed by atoms with van der Waals surface area (Å²) >= 11 is 5.94. The largest absolute Gasteiger partial charge is 0.490 e. The van der Waals surface area contributed by atoms with Gasteiger partial charge in [-0.15, -0.1) is 0 Å². The van der Waals surface area contributed by atoms with Crippen molar-refractivity contribution in [2.45, 2.75) is 17.9 Å². The Kier molecular flexibility index (Phi) is 6.29. The van der Waals surface area contributed by atoms with Gasteiger partial charge in [0.25, 0.3) is 0 Å².